The third-order valence-corrected chi connectivity index (χ3v) is 3.47. The van der Waals surface area contributed by atoms with E-state index in [0.29, 0.717) is 12.3 Å². The highest BCUT2D eigenvalue weighted by molar-refractivity contribution is 5.84. The predicted octanol–water partition coefficient (Wildman–Crippen LogP) is 0.958. The van der Waals surface area contributed by atoms with Gasteiger partial charge in [0.25, 0.3) is 0 Å². The molecule has 1 fully saturated rings. The first-order valence-corrected chi connectivity index (χ1v) is 7.23. The minimum Gasteiger partial charge on any atom is -0.391 e. The average molecular weight is 270 g/mol. The van der Waals surface area contributed by atoms with Gasteiger partial charge in [0.05, 0.1) is 18.7 Å². The molecule has 0 saturated heterocycles. The highest BCUT2D eigenvalue weighted by atomic mass is 16.3. The van der Waals surface area contributed by atoms with Gasteiger partial charge in [0.2, 0.25) is 11.8 Å². The molecular formula is C14H26N2O3. The largest absolute Gasteiger partial charge is 0.391 e. The molecule has 110 valence electrons. The quantitative estimate of drug-likeness (QED) is 0.672. The molecule has 0 radical (unpaired) electrons. The van der Waals surface area contributed by atoms with Crippen LogP contribution in [0.2, 0.25) is 0 Å². The zero-order valence-corrected chi connectivity index (χ0v) is 11.9. The van der Waals surface area contributed by atoms with Gasteiger partial charge in [-0.1, -0.05) is 26.7 Å². The summed E-state index contributed by atoms with van der Waals surface area (Å²) < 4.78 is 0. The van der Waals surface area contributed by atoms with Crippen LogP contribution >= 0.6 is 0 Å². The van der Waals surface area contributed by atoms with Crippen molar-refractivity contribution in [1.82, 2.24) is 10.6 Å². The standard InChI is InChI=1S/C14H26N2O3/c1-10(2)7-8-13(18)15-9-14(19)16-11-5-3-4-6-12(11)17/h10-12,17H,3-9H2,1-2H3,(H,15,18)(H,16,19). The molecule has 19 heavy (non-hydrogen) atoms. The molecule has 0 aromatic heterocycles. The van der Waals surface area contributed by atoms with Crippen molar-refractivity contribution in [2.75, 3.05) is 6.54 Å². The van der Waals surface area contributed by atoms with Crippen molar-refractivity contribution in [1.29, 1.82) is 0 Å². The first kappa shape index (κ1) is 16.0. The molecule has 1 aliphatic rings. The molecule has 2 amide bonds. The molecule has 0 heterocycles. The average Bonchev–Trinajstić information content (AvgIpc) is 2.36. The smallest absolute Gasteiger partial charge is 0.239 e. The molecule has 0 aromatic rings. The lowest BCUT2D eigenvalue weighted by molar-refractivity contribution is -0.127. The molecule has 2 unspecified atom stereocenters. The van der Waals surface area contributed by atoms with E-state index in [9.17, 15) is 14.7 Å². The van der Waals surface area contributed by atoms with E-state index in [-0.39, 0.29) is 24.4 Å². The van der Waals surface area contributed by atoms with E-state index in [1.165, 1.54) is 0 Å². The van der Waals surface area contributed by atoms with E-state index < -0.39 is 6.10 Å². The Morgan fingerprint density at radius 1 is 1.21 bits per heavy atom. The van der Waals surface area contributed by atoms with Crippen molar-refractivity contribution >= 4 is 11.8 Å². The van der Waals surface area contributed by atoms with Gasteiger partial charge in [0.1, 0.15) is 0 Å². The molecule has 0 spiro atoms. The van der Waals surface area contributed by atoms with Crippen LogP contribution in [0, 0.1) is 5.92 Å². The minimum absolute atomic E-state index is 0.000147. The van der Waals surface area contributed by atoms with Crippen LogP contribution in [-0.2, 0) is 9.59 Å². The van der Waals surface area contributed by atoms with Gasteiger partial charge in [-0.05, 0) is 25.2 Å². The first-order valence-electron chi connectivity index (χ1n) is 7.23. The van der Waals surface area contributed by atoms with Crippen LogP contribution in [0.1, 0.15) is 52.4 Å². The normalized spacial score (nSPS) is 23.2. The lowest BCUT2D eigenvalue weighted by Crippen LogP contribution is -2.48. The summed E-state index contributed by atoms with van der Waals surface area (Å²) in [6, 6.07) is -0.159. The lowest BCUT2D eigenvalue weighted by atomic mass is 9.92. The number of hydrogen-bond donors (Lipinski definition) is 3. The Morgan fingerprint density at radius 3 is 2.53 bits per heavy atom. The predicted molar refractivity (Wildman–Crippen MR) is 73.5 cm³/mol. The van der Waals surface area contributed by atoms with Gasteiger partial charge >= 0.3 is 0 Å². The number of carbonyl (C=O) groups excluding carboxylic acids is 2. The molecule has 0 aromatic carbocycles. The van der Waals surface area contributed by atoms with E-state index in [1.807, 2.05) is 0 Å². The Hall–Kier alpha value is -1.10. The monoisotopic (exact) mass is 270 g/mol. The van der Waals surface area contributed by atoms with Crippen LogP contribution in [0.15, 0.2) is 0 Å². The van der Waals surface area contributed by atoms with Crippen LogP contribution in [0.3, 0.4) is 0 Å². The van der Waals surface area contributed by atoms with Gasteiger partial charge in [0.15, 0.2) is 0 Å². The Kier molecular flexibility index (Phi) is 6.84. The number of nitrogens with one attached hydrogen (secondary N) is 2. The van der Waals surface area contributed by atoms with Gasteiger partial charge < -0.3 is 15.7 Å². The SMILES string of the molecule is CC(C)CCC(=O)NCC(=O)NC1CCCCC1O. The van der Waals surface area contributed by atoms with Crippen molar-refractivity contribution in [3.63, 3.8) is 0 Å². The molecule has 1 rings (SSSR count). The van der Waals surface area contributed by atoms with E-state index in [2.05, 4.69) is 24.5 Å². The molecule has 1 aliphatic carbocycles. The van der Waals surface area contributed by atoms with Crippen LogP contribution in [0.25, 0.3) is 0 Å². The number of hydrogen-bond acceptors (Lipinski definition) is 3. The summed E-state index contributed by atoms with van der Waals surface area (Å²) in [7, 11) is 0. The maximum absolute atomic E-state index is 11.7. The fourth-order valence-corrected chi connectivity index (χ4v) is 2.22. The van der Waals surface area contributed by atoms with E-state index in [4.69, 9.17) is 0 Å². The van der Waals surface area contributed by atoms with Crippen molar-refractivity contribution in [2.24, 2.45) is 5.92 Å². The topological polar surface area (TPSA) is 78.4 Å². The van der Waals surface area contributed by atoms with Crippen molar-refractivity contribution < 1.29 is 14.7 Å². The molecular weight excluding hydrogens is 244 g/mol. The number of aliphatic hydroxyl groups is 1. The maximum atomic E-state index is 11.7. The fraction of sp³-hybridized carbons (Fsp3) is 0.857. The molecule has 0 bridgehead atoms. The van der Waals surface area contributed by atoms with E-state index in [0.717, 1.165) is 32.1 Å². The van der Waals surface area contributed by atoms with Crippen molar-refractivity contribution in [2.45, 2.75) is 64.5 Å². The summed E-state index contributed by atoms with van der Waals surface area (Å²) in [6.45, 7) is 4.12. The first-order chi connectivity index (χ1) is 8.99. The summed E-state index contributed by atoms with van der Waals surface area (Å²) >= 11 is 0. The highest BCUT2D eigenvalue weighted by Crippen LogP contribution is 2.18. The fourth-order valence-electron chi connectivity index (χ4n) is 2.22. The Morgan fingerprint density at radius 2 is 1.89 bits per heavy atom. The molecule has 0 aliphatic heterocycles. The van der Waals surface area contributed by atoms with E-state index in [1.54, 1.807) is 0 Å². The number of rotatable bonds is 6. The van der Waals surface area contributed by atoms with Crippen LogP contribution in [-0.4, -0.2) is 35.6 Å². The van der Waals surface area contributed by atoms with E-state index >= 15 is 0 Å². The van der Waals surface area contributed by atoms with Crippen molar-refractivity contribution in [3.8, 4) is 0 Å². The molecule has 5 nitrogen and oxygen atoms in total. The third kappa shape index (κ3) is 6.57. The van der Waals surface area contributed by atoms with Gasteiger partial charge in [0, 0.05) is 6.42 Å². The van der Waals surface area contributed by atoms with Gasteiger partial charge in [-0.3, -0.25) is 9.59 Å². The zero-order valence-electron chi connectivity index (χ0n) is 11.9. The van der Waals surface area contributed by atoms with Gasteiger partial charge in [-0.15, -0.1) is 0 Å². The second-order valence-corrected chi connectivity index (χ2v) is 5.74. The highest BCUT2D eigenvalue weighted by Gasteiger charge is 2.24. The Labute approximate surface area is 115 Å². The maximum Gasteiger partial charge on any atom is 0.239 e. The summed E-state index contributed by atoms with van der Waals surface area (Å²) in [4.78, 5) is 23.1. The minimum atomic E-state index is -0.450. The van der Waals surface area contributed by atoms with Crippen LogP contribution in [0.4, 0.5) is 0 Å². The molecule has 3 N–H and O–H groups in total. The number of amides is 2. The van der Waals surface area contributed by atoms with Crippen molar-refractivity contribution in [3.05, 3.63) is 0 Å². The zero-order chi connectivity index (χ0) is 14.3. The second kappa shape index (κ2) is 8.15. The third-order valence-electron chi connectivity index (χ3n) is 3.47. The van der Waals surface area contributed by atoms with Gasteiger partial charge in [-0.25, -0.2) is 0 Å². The Balaban J connectivity index is 2.18. The Bertz CT molecular complexity index is 305. The lowest BCUT2D eigenvalue weighted by Gasteiger charge is -2.28. The summed E-state index contributed by atoms with van der Waals surface area (Å²) in [6.07, 6.45) is 4.43. The summed E-state index contributed by atoms with van der Waals surface area (Å²) in [5, 5.41) is 15.1. The molecule has 5 heteroatoms. The molecule has 2 atom stereocenters. The molecule has 1 saturated carbocycles. The van der Waals surface area contributed by atoms with Gasteiger partial charge in [-0.2, -0.15) is 0 Å². The van der Waals surface area contributed by atoms with Crippen LogP contribution in [0.5, 0.6) is 0 Å². The number of carbonyl (C=O) groups is 2. The second-order valence-electron chi connectivity index (χ2n) is 5.74. The summed E-state index contributed by atoms with van der Waals surface area (Å²) in [5.74, 6) is 0.175. The summed E-state index contributed by atoms with van der Waals surface area (Å²) in [5.41, 5.74) is 0. The van der Waals surface area contributed by atoms with Crippen LogP contribution < -0.4 is 10.6 Å². The number of aliphatic hydroxyl groups excluding tert-OH is 1.